The summed E-state index contributed by atoms with van der Waals surface area (Å²) in [6, 6.07) is 4.71. The first kappa shape index (κ1) is 23.0. The van der Waals surface area contributed by atoms with Gasteiger partial charge in [-0.2, -0.15) is 0 Å². The number of ether oxygens (including phenoxy) is 3. The number of unbranched alkanes of at least 4 members (excludes halogenated alkanes) is 1. The lowest BCUT2D eigenvalue weighted by atomic mass is 10.1. The van der Waals surface area contributed by atoms with Gasteiger partial charge in [0.05, 0.1) is 29.9 Å². The van der Waals surface area contributed by atoms with Crippen LogP contribution in [0.3, 0.4) is 0 Å². The molecule has 0 saturated carbocycles. The number of nitrogens with zero attached hydrogens (tertiary/aromatic N) is 1. The number of esters is 1. The van der Waals surface area contributed by atoms with Crippen molar-refractivity contribution in [2.45, 2.75) is 39.7 Å². The highest BCUT2D eigenvalue weighted by atomic mass is 35.5. The molecule has 0 bridgehead atoms. The quantitative estimate of drug-likeness (QED) is 0.335. The SMILES string of the molecule is CCCCOCC(C)OC(=O)c1nc(-c2ccc(Cl)c(OC)c2F)cc2[nH]cc(C)c12. The lowest BCUT2D eigenvalue weighted by Crippen LogP contribution is -2.21. The van der Waals surface area contributed by atoms with E-state index in [-0.39, 0.29) is 27.7 Å². The summed E-state index contributed by atoms with van der Waals surface area (Å²) in [6.07, 6.45) is 3.30. The van der Waals surface area contributed by atoms with Gasteiger partial charge in [-0.05, 0) is 44.0 Å². The first-order chi connectivity index (χ1) is 14.9. The molecule has 1 N–H and O–H groups in total. The second-order valence-corrected chi connectivity index (χ2v) is 7.74. The fraction of sp³-hybridized carbons (Fsp3) is 0.391. The van der Waals surface area contributed by atoms with Crippen LogP contribution in [0.25, 0.3) is 22.2 Å². The number of hydrogen-bond acceptors (Lipinski definition) is 5. The number of carbonyl (C=O) groups is 1. The van der Waals surface area contributed by atoms with E-state index in [0.717, 1.165) is 18.4 Å². The Labute approximate surface area is 185 Å². The van der Waals surface area contributed by atoms with Crippen LogP contribution in [0.4, 0.5) is 4.39 Å². The number of aromatic nitrogens is 2. The van der Waals surface area contributed by atoms with Crippen molar-refractivity contribution in [2.24, 2.45) is 0 Å². The Kier molecular flexibility index (Phi) is 7.51. The molecule has 0 amide bonds. The summed E-state index contributed by atoms with van der Waals surface area (Å²) < 4.78 is 31.1. The van der Waals surface area contributed by atoms with Crippen molar-refractivity contribution < 1.29 is 23.4 Å². The van der Waals surface area contributed by atoms with E-state index in [9.17, 15) is 9.18 Å². The molecule has 6 nitrogen and oxygen atoms in total. The second kappa shape index (κ2) is 10.1. The highest BCUT2D eigenvalue weighted by Gasteiger charge is 2.23. The van der Waals surface area contributed by atoms with Crippen molar-refractivity contribution in [1.82, 2.24) is 9.97 Å². The van der Waals surface area contributed by atoms with E-state index < -0.39 is 17.9 Å². The second-order valence-electron chi connectivity index (χ2n) is 7.34. The lowest BCUT2D eigenvalue weighted by molar-refractivity contribution is 0.00139. The summed E-state index contributed by atoms with van der Waals surface area (Å²) in [4.78, 5) is 20.5. The Bertz CT molecular complexity index is 1080. The summed E-state index contributed by atoms with van der Waals surface area (Å²) in [6.45, 7) is 6.61. The van der Waals surface area contributed by atoms with Gasteiger partial charge in [0.15, 0.2) is 17.3 Å². The molecule has 3 rings (SSSR count). The van der Waals surface area contributed by atoms with Crippen LogP contribution in [-0.4, -0.2) is 42.4 Å². The number of methoxy groups -OCH3 is 1. The smallest absolute Gasteiger partial charge is 0.358 e. The van der Waals surface area contributed by atoms with Crippen molar-refractivity contribution >= 4 is 28.5 Å². The fourth-order valence-electron chi connectivity index (χ4n) is 3.29. The van der Waals surface area contributed by atoms with Gasteiger partial charge in [-0.15, -0.1) is 0 Å². The third kappa shape index (κ3) is 4.99. The Hall–Kier alpha value is -2.64. The van der Waals surface area contributed by atoms with Crippen LogP contribution in [0.15, 0.2) is 24.4 Å². The molecule has 1 unspecified atom stereocenters. The van der Waals surface area contributed by atoms with Crippen LogP contribution in [0.2, 0.25) is 5.02 Å². The molecule has 0 saturated heterocycles. The average Bonchev–Trinajstić information content (AvgIpc) is 3.11. The van der Waals surface area contributed by atoms with E-state index in [1.807, 2.05) is 6.92 Å². The first-order valence-corrected chi connectivity index (χ1v) is 10.5. The van der Waals surface area contributed by atoms with Crippen LogP contribution in [0.5, 0.6) is 5.75 Å². The molecule has 0 radical (unpaired) electrons. The predicted octanol–water partition coefficient (Wildman–Crippen LogP) is 5.70. The molecule has 8 heteroatoms. The van der Waals surface area contributed by atoms with Crippen LogP contribution < -0.4 is 4.74 Å². The number of rotatable bonds is 9. The lowest BCUT2D eigenvalue weighted by Gasteiger charge is -2.15. The molecular weight excluding hydrogens is 423 g/mol. The molecule has 3 aromatic rings. The van der Waals surface area contributed by atoms with E-state index >= 15 is 0 Å². The highest BCUT2D eigenvalue weighted by molar-refractivity contribution is 6.32. The summed E-state index contributed by atoms with van der Waals surface area (Å²) in [5, 5.41) is 0.784. The number of fused-ring (bicyclic) bond motifs is 1. The van der Waals surface area contributed by atoms with Crippen LogP contribution in [0, 0.1) is 12.7 Å². The Morgan fingerprint density at radius 2 is 2.13 bits per heavy atom. The van der Waals surface area contributed by atoms with Gasteiger partial charge in [0, 0.05) is 23.8 Å². The first-order valence-electron chi connectivity index (χ1n) is 10.2. The number of carbonyl (C=O) groups excluding carboxylic acids is 1. The summed E-state index contributed by atoms with van der Waals surface area (Å²) in [5.74, 6) is -1.32. The standard InChI is InChI=1S/C23H26ClFN2O4/c1-5-6-9-30-12-14(3)31-23(28)21-19-13(2)11-26-18(19)10-17(27-21)15-7-8-16(24)22(29-4)20(15)25/h7-8,10-11,14,26H,5-6,9,12H2,1-4H3. The van der Waals surface area contributed by atoms with E-state index in [4.69, 9.17) is 25.8 Å². The number of aromatic amines is 1. The molecule has 0 aliphatic rings. The zero-order chi connectivity index (χ0) is 22.5. The number of pyridine rings is 1. The van der Waals surface area contributed by atoms with Gasteiger partial charge < -0.3 is 19.2 Å². The third-order valence-corrected chi connectivity index (χ3v) is 5.18. The normalized spacial score (nSPS) is 12.2. The molecule has 31 heavy (non-hydrogen) atoms. The molecule has 0 aliphatic heterocycles. The molecule has 2 heterocycles. The maximum absolute atomic E-state index is 15.0. The zero-order valence-corrected chi connectivity index (χ0v) is 18.8. The minimum atomic E-state index is -0.651. The minimum absolute atomic E-state index is 0.0780. The van der Waals surface area contributed by atoms with Crippen molar-refractivity contribution in [3.63, 3.8) is 0 Å². The molecule has 166 valence electrons. The Morgan fingerprint density at radius 3 is 2.84 bits per heavy atom. The fourth-order valence-corrected chi connectivity index (χ4v) is 3.51. The number of benzene rings is 1. The van der Waals surface area contributed by atoms with E-state index in [1.54, 1.807) is 19.2 Å². The average molecular weight is 449 g/mol. The Morgan fingerprint density at radius 1 is 1.35 bits per heavy atom. The van der Waals surface area contributed by atoms with Gasteiger partial charge in [0.2, 0.25) is 0 Å². The minimum Gasteiger partial charge on any atom is -0.492 e. The highest BCUT2D eigenvalue weighted by Crippen LogP contribution is 2.36. The van der Waals surface area contributed by atoms with E-state index in [1.165, 1.54) is 19.2 Å². The maximum Gasteiger partial charge on any atom is 0.358 e. The van der Waals surface area contributed by atoms with Crippen molar-refractivity contribution in [3.8, 4) is 17.0 Å². The molecule has 2 aromatic heterocycles. The molecule has 0 fully saturated rings. The number of aryl methyl sites for hydroxylation is 1. The summed E-state index contributed by atoms with van der Waals surface area (Å²) in [5.41, 5.74) is 2.03. The monoisotopic (exact) mass is 448 g/mol. The van der Waals surface area contributed by atoms with Gasteiger partial charge in [0.25, 0.3) is 0 Å². The zero-order valence-electron chi connectivity index (χ0n) is 18.1. The van der Waals surface area contributed by atoms with E-state index in [0.29, 0.717) is 24.1 Å². The largest absolute Gasteiger partial charge is 0.492 e. The number of nitrogens with one attached hydrogen (secondary N) is 1. The van der Waals surface area contributed by atoms with Gasteiger partial charge in [-0.3, -0.25) is 0 Å². The van der Waals surface area contributed by atoms with Crippen molar-refractivity contribution in [2.75, 3.05) is 20.3 Å². The maximum atomic E-state index is 15.0. The topological polar surface area (TPSA) is 73.4 Å². The molecule has 0 spiro atoms. The predicted molar refractivity (Wildman–Crippen MR) is 118 cm³/mol. The van der Waals surface area contributed by atoms with Gasteiger partial charge in [-0.1, -0.05) is 24.9 Å². The van der Waals surface area contributed by atoms with Gasteiger partial charge >= 0.3 is 5.97 Å². The molecular formula is C23H26ClFN2O4. The van der Waals surface area contributed by atoms with Crippen LogP contribution >= 0.6 is 11.6 Å². The number of hydrogen-bond donors (Lipinski definition) is 1. The molecule has 1 atom stereocenters. The van der Waals surface area contributed by atoms with Crippen LogP contribution in [0.1, 0.15) is 42.7 Å². The molecule has 0 aliphatic carbocycles. The Balaban J connectivity index is 1.97. The third-order valence-electron chi connectivity index (χ3n) is 4.88. The van der Waals surface area contributed by atoms with Gasteiger partial charge in [0.1, 0.15) is 6.10 Å². The van der Waals surface area contributed by atoms with Gasteiger partial charge in [-0.25, -0.2) is 14.2 Å². The number of H-pyrrole nitrogens is 1. The van der Waals surface area contributed by atoms with Crippen LogP contribution in [-0.2, 0) is 9.47 Å². The van der Waals surface area contributed by atoms with Crippen molar-refractivity contribution in [3.05, 3.63) is 46.5 Å². The van der Waals surface area contributed by atoms with E-state index in [2.05, 4.69) is 16.9 Å². The summed E-state index contributed by atoms with van der Waals surface area (Å²) in [7, 11) is 1.34. The van der Waals surface area contributed by atoms with Crippen molar-refractivity contribution in [1.29, 1.82) is 0 Å². The summed E-state index contributed by atoms with van der Waals surface area (Å²) >= 11 is 6.01. The molecule has 1 aromatic carbocycles. The number of halogens is 2.